The van der Waals surface area contributed by atoms with Crippen LogP contribution in [-0.2, 0) is 18.4 Å². The summed E-state index contributed by atoms with van der Waals surface area (Å²) in [4.78, 5) is 36.7. The first-order valence-electron chi connectivity index (χ1n) is 11.0. The molecule has 4 rings (SSSR count). The molecule has 4 N–H and O–H groups in total. The Labute approximate surface area is 186 Å². The van der Waals surface area contributed by atoms with Crippen LogP contribution in [0.15, 0.2) is 35.1 Å². The molecule has 10 heteroatoms. The number of likely N-dealkylation sites (N-methyl/N-ethyl adjacent to an activating group) is 1. The monoisotopic (exact) mass is 438 g/mol. The lowest BCUT2D eigenvalue weighted by atomic mass is 10.1. The molecule has 1 aliphatic rings. The van der Waals surface area contributed by atoms with Crippen molar-refractivity contribution in [2.45, 2.75) is 32.4 Å². The Morgan fingerprint density at radius 3 is 2.75 bits per heavy atom. The van der Waals surface area contributed by atoms with E-state index in [0.717, 1.165) is 24.9 Å². The minimum atomic E-state index is -0.218. The average molecular weight is 439 g/mol. The number of fused-ring (bicyclic) bond motifs is 1. The molecule has 0 bridgehead atoms. The predicted molar refractivity (Wildman–Crippen MR) is 125 cm³/mol. The molecule has 1 unspecified atom stereocenters. The Morgan fingerprint density at radius 1 is 1.25 bits per heavy atom. The summed E-state index contributed by atoms with van der Waals surface area (Å²) >= 11 is 0. The van der Waals surface area contributed by atoms with Gasteiger partial charge in [-0.15, -0.1) is 0 Å². The number of hydrogen-bond donors (Lipinski definition) is 3. The Bertz CT molecular complexity index is 1150. The molecule has 1 amide bonds. The van der Waals surface area contributed by atoms with Crippen molar-refractivity contribution in [3.8, 4) is 0 Å². The third-order valence-corrected chi connectivity index (χ3v) is 5.67. The molecule has 170 valence electrons. The van der Waals surface area contributed by atoms with Crippen LogP contribution in [0, 0.1) is 0 Å². The number of carbonyl (C=O) groups is 1. The van der Waals surface area contributed by atoms with Crippen LogP contribution >= 0.6 is 0 Å². The number of carbonyl (C=O) groups excluding carboxylic acids is 1. The number of nitrogens with zero attached hydrogens (tertiary/aromatic N) is 5. The normalized spacial score (nSPS) is 16.3. The minimum Gasteiger partial charge on any atom is -0.355 e. The van der Waals surface area contributed by atoms with Gasteiger partial charge in [0.1, 0.15) is 0 Å². The molecule has 10 nitrogen and oxygen atoms in total. The SMILES string of the molecule is CCNC(=O)CNc1nc2nc(N3CCCC(N)C3)n(Cc3ccccc3)c2c(=O)n1C. The van der Waals surface area contributed by atoms with Gasteiger partial charge in [-0.2, -0.15) is 9.97 Å². The molecule has 3 aromatic rings. The first-order valence-corrected chi connectivity index (χ1v) is 11.0. The average Bonchev–Trinajstić information content (AvgIpc) is 3.14. The molecule has 1 aromatic carbocycles. The highest BCUT2D eigenvalue weighted by molar-refractivity contribution is 5.81. The van der Waals surface area contributed by atoms with Crippen LogP contribution in [0.3, 0.4) is 0 Å². The van der Waals surface area contributed by atoms with Gasteiger partial charge in [0.15, 0.2) is 11.2 Å². The van der Waals surface area contributed by atoms with Gasteiger partial charge in [-0.05, 0) is 25.3 Å². The van der Waals surface area contributed by atoms with E-state index in [1.165, 1.54) is 4.57 Å². The number of aromatic nitrogens is 4. The van der Waals surface area contributed by atoms with Gasteiger partial charge in [0.2, 0.25) is 17.8 Å². The zero-order valence-electron chi connectivity index (χ0n) is 18.5. The first kappa shape index (κ1) is 21.8. The number of hydrogen-bond acceptors (Lipinski definition) is 7. The van der Waals surface area contributed by atoms with Crippen LogP contribution in [0.1, 0.15) is 25.3 Å². The van der Waals surface area contributed by atoms with Crippen LogP contribution in [0.4, 0.5) is 11.9 Å². The van der Waals surface area contributed by atoms with Gasteiger partial charge in [-0.25, -0.2) is 0 Å². The van der Waals surface area contributed by atoms with E-state index in [9.17, 15) is 9.59 Å². The Morgan fingerprint density at radius 2 is 2.03 bits per heavy atom. The molecule has 1 saturated heterocycles. The van der Waals surface area contributed by atoms with Crippen LogP contribution in [0.25, 0.3) is 11.2 Å². The molecular weight excluding hydrogens is 408 g/mol. The number of benzene rings is 1. The lowest BCUT2D eigenvalue weighted by Crippen LogP contribution is -2.44. The van der Waals surface area contributed by atoms with Gasteiger partial charge < -0.3 is 21.3 Å². The molecular formula is C22H30N8O2. The molecule has 32 heavy (non-hydrogen) atoms. The lowest BCUT2D eigenvalue weighted by molar-refractivity contribution is -0.119. The Kier molecular flexibility index (Phi) is 6.40. The summed E-state index contributed by atoms with van der Waals surface area (Å²) in [6, 6.07) is 10.0. The van der Waals surface area contributed by atoms with E-state index >= 15 is 0 Å². The van der Waals surface area contributed by atoms with Crippen molar-refractivity contribution < 1.29 is 4.79 Å². The minimum absolute atomic E-state index is 0.0260. The number of anilines is 2. The van der Waals surface area contributed by atoms with Crippen LogP contribution in [-0.4, -0.2) is 57.2 Å². The van der Waals surface area contributed by atoms with Gasteiger partial charge in [0.05, 0.1) is 13.1 Å². The van der Waals surface area contributed by atoms with Crippen molar-refractivity contribution in [1.82, 2.24) is 24.4 Å². The van der Waals surface area contributed by atoms with Crippen molar-refractivity contribution in [1.29, 1.82) is 0 Å². The summed E-state index contributed by atoms with van der Waals surface area (Å²) in [5.74, 6) is 0.837. The number of rotatable bonds is 7. The van der Waals surface area contributed by atoms with E-state index in [1.807, 2.05) is 41.8 Å². The molecule has 3 heterocycles. The molecule has 1 aliphatic heterocycles. The molecule has 0 spiro atoms. The molecule has 1 fully saturated rings. The fraction of sp³-hybridized carbons (Fsp3) is 0.455. The fourth-order valence-corrected chi connectivity index (χ4v) is 4.07. The summed E-state index contributed by atoms with van der Waals surface area (Å²) in [5, 5.41) is 5.67. The highest BCUT2D eigenvalue weighted by Crippen LogP contribution is 2.24. The van der Waals surface area contributed by atoms with Crippen LogP contribution < -0.4 is 26.8 Å². The van der Waals surface area contributed by atoms with Gasteiger partial charge in [-0.1, -0.05) is 30.3 Å². The van der Waals surface area contributed by atoms with Gasteiger partial charge >= 0.3 is 0 Å². The van der Waals surface area contributed by atoms with E-state index in [-0.39, 0.29) is 24.1 Å². The summed E-state index contributed by atoms with van der Waals surface area (Å²) in [6.45, 7) is 4.43. The highest BCUT2D eigenvalue weighted by Gasteiger charge is 2.25. The number of amides is 1. The molecule has 2 aromatic heterocycles. The summed E-state index contributed by atoms with van der Waals surface area (Å²) in [6.07, 6.45) is 1.95. The van der Waals surface area contributed by atoms with Crippen molar-refractivity contribution in [2.24, 2.45) is 12.8 Å². The maximum atomic E-state index is 13.4. The topological polar surface area (TPSA) is 123 Å². The van der Waals surface area contributed by atoms with Crippen molar-refractivity contribution >= 4 is 29.0 Å². The largest absolute Gasteiger partial charge is 0.355 e. The van der Waals surface area contributed by atoms with E-state index in [4.69, 9.17) is 10.7 Å². The van der Waals surface area contributed by atoms with Crippen molar-refractivity contribution in [2.75, 3.05) is 36.4 Å². The summed E-state index contributed by atoms with van der Waals surface area (Å²) in [7, 11) is 1.64. The number of nitrogens with one attached hydrogen (secondary N) is 2. The van der Waals surface area contributed by atoms with E-state index in [1.54, 1.807) is 7.05 Å². The number of imidazole rings is 1. The summed E-state index contributed by atoms with van der Waals surface area (Å²) < 4.78 is 3.36. The molecule has 0 radical (unpaired) electrons. The predicted octanol–water partition coefficient (Wildman–Crippen LogP) is 0.654. The standard InChI is InChI=1S/C22H30N8O2/c1-3-24-17(31)12-25-21-26-19-18(20(32)28(21)2)30(13-15-8-5-4-6-9-15)22(27-19)29-11-7-10-16(23)14-29/h4-6,8-9,16H,3,7,10-14,23H2,1-2H3,(H,24,31)(H,25,26). The maximum Gasteiger partial charge on any atom is 0.281 e. The van der Waals surface area contributed by atoms with Crippen LogP contribution in [0.5, 0.6) is 0 Å². The third-order valence-electron chi connectivity index (χ3n) is 5.67. The maximum absolute atomic E-state index is 13.4. The molecule has 0 aliphatic carbocycles. The highest BCUT2D eigenvalue weighted by atomic mass is 16.2. The first-order chi connectivity index (χ1) is 15.5. The van der Waals surface area contributed by atoms with Gasteiger partial charge in [0, 0.05) is 32.7 Å². The molecule has 1 atom stereocenters. The van der Waals surface area contributed by atoms with Gasteiger partial charge in [0.25, 0.3) is 5.56 Å². The van der Waals surface area contributed by atoms with E-state index in [0.29, 0.717) is 42.7 Å². The van der Waals surface area contributed by atoms with E-state index < -0.39 is 0 Å². The lowest BCUT2D eigenvalue weighted by Gasteiger charge is -2.31. The Hall–Kier alpha value is -3.40. The fourth-order valence-electron chi connectivity index (χ4n) is 4.07. The number of piperidine rings is 1. The van der Waals surface area contributed by atoms with Crippen molar-refractivity contribution in [3.05, 3.63) is 46.2 Å². The zero-order chi connectivity index (χ0) is 22.7. The van der Waals surface area contributed by atoms with E-state index in [2.05, 4.69) is 20.5 Å². The van der Waals surface area contributed by atoms with Crippen molar-refractivity contribution in [3.63, 3.8) is 0 Å². The second kappa shape index (κ2) is 9.39. The second-order valence-electron chi connectivity index (χ2n) is 8.11. The van der Waals surface area contributed by atoms with Gasteiger partial charge in [-0.3, -0.25) is 18.7 Å². The van der Waals surface area contributed by atoms with Crippen LogP contribution in [0.2, 0.25) is 0 Å². The third kappa shape index (κ3) is 4.45. The zero-order valence-corrected chi connectivity index (χ0v) is 18.5. The Balaban J connectivity index is 1.78. The quantitative estimate of drug-likeness (QED) is 0.495. The number of nitrogens with two attached hydrogens (primary N) is 1. The molecule has 0 saturated carbocycles. The second-order valence-corrected chi connectivity index (χ2v) is 8.11. The summed E-state index contributed by atoms with van der Waals surface area (Å²) in [5.41, 5.74) is 7.87. The smallest absolute Gasteiger partial charge is 0.281 e.